The SMILES string of the molecule is CC(C)c1ccc(Oc2ccc(CNC(=O)CC#N)cc2)cc1. The van der Waals surface area contributed by atoms with E-state index < -0.39 is 0 Å². The minimum absolute atomic E-state index is 0.117. The van der Waals surface area contributed by atoms with Crippen LogP contribution in [-0.2, 0) is 11.3 Å². The Morgan fingerprint density at radius 2 is 1.65 bits per heavy atom. The second-order valence-corrected chi connectivity index (χ2v) is 5.58. The predicted molar refractivity (Wildman–Crippen MR) is 89.1 cm³/mol. The monoisotopic (exact) mass is 308 g/mol. The van der Waals surface area contributed by atoms with Gasteiger partial charge in [-0.25, -0.2) is 0 Å². The number of nitriles is 1. The van der Waals surface area contributed by atoms with E-state index in [2.05, 4.69) is 31.3 Å². The molecule has 0 spiro atoms. The van der Waals surface area contributed by atoms with E-state index in [0.29, 0.717) is 12.5 Å². The minimum Gasteiger partial charge on any atom is -0.457 e. The van der Waals surface area contributed by atoms with Gasteiger partial charge in [0.25, 0.3) is 0 Å². The zero-order valence-corrected chi connectivity index (χ0v) is 13.4. The molecule has 0 aliphatic carbocycles. The van der Waals surface area contributed by atoms with Crippen LogP contribution in [0.1, 0.15) is 37.3 Å². The summed E-state index contributed by atoms with van der Waals surface area (Å²) >= 11 is 0. The number of amides is 1. The van der Waals surface area contributed by atoms with Crippen molar-refractivity contribution in [2.45, 2.75) is 32.7 Å². The zero-order chi connectivity index (χ0) is 16.7. The van der Waals surface area contributed by atoms with Crippen LogP contribution in [0.25, 0.3) is 0 Å². The number of rotatable bonds is 6. The van der Waals surface area contributed by atoms with Crippen molar-refractivity contribution in [1.29, 1.82) is 5.26 Å². The van der Waals surface area contributed by atoms with Crippen LogP contribution in [0.3, 0.4) is 0 Å². The van der Waals surface area contributed by atoms with Gasteiger partial charge in [-0.1, -0.05) is 38.1 Å². The molecule has 0 saturated carbocycles. The van der Waals surface area contributed by atoms with Crippen LogP contribution in [0.15, 0.2) is 48.5 Å². The second-order valence-electron chi connectivity index (χ2n) is 5.58. The molecule has 1 amide bonds. The predicted octanol–water partition coefficient (Wildman–Crippen LogP) is 4.13. The maximum Gasteiger partial charge on any atom is 0.234 e. The Bertz CT molecular complexity index is 683. The average Bonchev–Trinajstić information content (AvgIpc) is 2.55. The Hall–Kier alpha value is -2.80. The van der Waals surface area contributed by atoms with Crippen molar-refractivity contribution in [3.63, 3.8) is 0 Å². The number of benzene rings is 2. The van der Waals surface area contributed by atoms with Gasteiger partial charge in [-0.2, -0.15) is 5.26 Å². The molecular formula is C19H20N2O2. The molecule has 0 aliphatic rings. The second kappa shape index (κ2) is 8.00. The van der Waals surface area contributed by atoms with Crippen LogP contribution in [0.4, 0.5) is 0 Å². The molecule has 0 aromatic heterocycles. The van der Waals surface area contributed by atoms with Gasteiger partial charge < -0.3 is 10.1 Å². The quantitative estimate of drug-likeness (QED) is 0.872. The summed E-state index contributed by atoms with van der Waals surface area (Å²) in [4.78, 5) is 11.2. The third-order valence-electron chi connectivity index (χ3n) is 3.44. The van der Waals surface area contributed by atoms with Crippen LogP contribution in [0, 0.1) is 11.3 Å². The number of ether oxygens (including phenoxy) is 1. The molecule has 0 atom stereocenters. The van der Waals surface area contributed by atoms with E-state index in [1.807, 2.05) is 42.5 Å². The van der Waals surface area contributed by atoms with Gasteiger partial charge in [-0.3, -0.25) is 4.79 Å². The number of carbonyl (C=O) groups excluding carboxylic acids is 1. The fraction of sp³-hybridized carbons (Fsp3) is 0.263. The fourth-order valence-corrected chi connectivity index (χ4v) is 2.07. The van der Waals surface area contributed by atoms with Crippen LogP contribution < -0.4 is 10.1 Å². The zero-order valence-electron chi connectivity index (χ0n) is 13.4. The lowest BCUT2D eigenvalue weighted by molar-refractivity contribution is -0.120. The van der Waals surface area contributed by atoms with Crippen molar-refractivity contribution < 1.29 is 9.53 Å². The van der Waals surface area contributed by atoms with Crippen LogP contribution in [-0.4, -0.2) is 5.91 Å². The Morgan fingerprint density at radius 3 is 2.17 bits per heavy atom. The lowest BCUT2D eigenvalue weighted by Crippen LogP contribution is -2.21. The highest BCUT2D eigenvalue weighted by Crippen LogP contribution is 2.24. The van der Waals surface area contributed by atoms with Gasteiger partial charge in [0.15, 0.2) is 0 Å². The van der Waals surface area contributed by atoms with Crippen LogP contribution in [0.5, 0.6) is 11.5 Å². The maximum atomic E-state index is 11.2. The highest BCUT2D eigenvalue weighted by atomic mass is 16.5. The van der Waals surface area contributed by atoms with Gasteiger partial charge in [0.1, 0.15) is 17.9 Å². The van der Waals surface area contributed by atoms with Crippen LogP contribution >= 0.6 is 0 Å². The van der Waals surface area contributed by atoms with Crippen molar-refractivity contribution in [3.05, 3.63) is 59.7 Å². The highest BCUT2D eigenvalue weighted by molar-refractivity contribution is 5.77. The first-order chi connectivity index (χ1) is 11.1. The molecule has 23 heavy (non-hydrogen) atoms. The molecule has 1 N–H and O–H groups in total. The molecular weight excluding hydrogens is 288 g/mol. The van der Waals surface area contributed by atoms with Crippen molar-refractivity contribution in [2.75, 3.05) is 0 Å². The molecule has 0 bridgehead atoms. The van der Waals surface area contributed by atoms with Gasteiger partial charge in [0.2, 0.25) is 5.91 Å². The van der Waals surface area contributed by atoms with Gasteiger partial charge in [0.05, 0.1) is 6.07 Å². The summed E-state index contributed by atoms with van der Waals surface area (Å²) in [7, 11) is 0. The number of nitrogens with zero attached hydrogens (tertiary/aromatic N) is 1. The number of hydrogen-bond acceptors (Lipinski definition) is 3. The van der Waals surface area contributed by atoms with E-state index in [9.17, 15) is 4.79 Å². The van der Waals surface area contributed by atoms with E-state index in [1.165, 1.54) is 5.56 Å². The van der Waals surface area contributed by atoms with Crippen molar-refractivity contribution in [1.82, 2.24) is 5.32 Å². The maximum absolute atomic E-state index is 11.2. The molecule has 0 saturated heterocycles. The summed E-state index contributed by atoms with van der Waals surface area (Å²) in [6.07, 6.45) is -0.117. The molecule has 0 radical (unpaired) electrons. The molecule has 4 nitrogen and oxygen atoms in total. The summed E-state index contributed by atoms with van der Waals surface area (Å²) in [5, 5.41) is 11.1. The third kappa shape index (κ3) is 5.15. The summed E-state index contributed by atoms with van der Waals surface area (Å²) in [6.45, 7) is 4.72. The summed E-state index contributed by atoms with van der Waals surface area (Å²) in [5.74, 6) is 1.77. The Morgan fingerprint density at radius 1 is 1.09 bits per heavy atom. The lowest BCUT2D eigenvalue weighted by atomic mass is 10.0. The largest absolute Gasteiger partial charge is 0.457 e. The molecule has 0 heterocycles. The van der Waals surface area contributed by atoms with Crippen molar-refractivity contribution in [2.24, 2.45) is 0 Å². The molecule has 4 heteroatoms. The first-order valence-electron chi connectivity index (χ1n) is 7.59. The number of carbonyl (C=O) groups is 1. The molecule has 0 aliphatic heterocycles. The topological polar surface area (TPSA) is 62.1 Å². The smallest absolute Gasteiger partial charge is 0.234 e. The average molecular weight is 308 g/mol. The van der Waals surface area contributed by atoms with Crippen LogP contribution in [0.2, 0.25) is 0 Å². The van der Waals surface area contributed by atoms with Gasteiger partial charge >= 0.3 is 0 Å². The third-order valence-corrected chi connectivity index (χ3v) is 3.44. The molecule has 2 rings (SSSR count). The fourth-order valence-electron chi connectivity index (χ4n) is 2.07. The van der Waals surface area contributed by atoms with E-state index in [0.717, 1.165) is 17.1 Å². The van der Waals surface area contributed by atoms with Gasteiger partial charge in [0, 0.05) is 6.54 Å². The Labute approximate surface area is 136 Å². The summed E-state index contributed by atoms with van der Waals surface area (Å²) in [6, 6.07) is 17.4. The first-order valence-corrected chi connectivity index (χ1v) is 7.59. The number of hydrogen-bond donors (Lipinski definition) is 1. The Balaban J connectivity index is 1.92. The van der Waals surface area contributed by atoms with E-state index in [1.54, 1.807) is 0 Å². The molecule has 0 unspecified atom stereocenters. The highest BCUT2D eigenvalue weighted by Gasteiger charge is 2.02. The molecule has 0 fully saturated rings. The first kappa shape index (κ1) is 16.6. The Kier molecular flexibility index (Phi) is 5.76. The van der Waals surface area contributed by atoms with Gasteiger partial charge in [-0.05, 0) is 41.3 Å². The van der Waals surface area contributed by atoms with Gasteiger partial charge in [-0.15, -0.1) is 0 Å². The van der Waals surface area contributed by atoms with E-state index >= 15 is 0 Å². The molecule has 2 aromatic rings. The number of nitrogens with one attached hydrogen (secondary N) is 1. The lowest BCUT2D eigenvalue weighted by Gasteiger charge is -2.09. The molecule has 118 valence electrons. The summed E-state index contributed by atoms with van der Waals surface area (Å²) < 4.78 is 5.80. The summed E-state index contributed by atoms with van der Waals surface area (Å²) in [5.41, 5.74) is 2.24. The van der Waals surface area contributed by atoms with E-state index in [-0.39, 0.29) is 12.3 Å². The normalized spacial score (nSPS) is 10.2. The minimum atomic E-state index is -0.266. The molecule has 2 aromatic carbocycles. The van der Waals surface area contributed by atoms with E-state index in [4.69, 9.17) is 10.00 Å². The standard InChI is InChI=1S/C19H20N2O2/c1-14(2)16-5-9-18(10-6-16)23-17-7-3-15(4-8-17)13-21-19(22)11-12-20/h3-10,14H,11,13H2,1-2H3,(H,21,22). The van der Waals surface area contributed by atoms with Crippen molar-refractivity contribution in [3.8, 4) is 17.6 Å². The van der Waals surface area contributed by atoms with Crippen molar-refractivity contribution >= 4 is 5.91 Å².